The third kappa shape index (κ3) is 2.24. The van der Waals surface area contributed by atoms with E-state index in [-0.39, 0.29) is 6.04 Å². The summed E-state index contributed by atoms with van der Waals surface area (Å²) in [5.74, 6) is 0.799. The first-order valence-electron chi connectivity index (χ1n) is 5.95. The molecule has 1 heterocycles. The lowest BCUT2D eigenvalue weighted by Gasteiger charge is -2.15. The number of ether oxygens (including phenoxy) is 1. The highest BCUT2D eigenvalue weighted by molar-refractivity contribution is 5.87. The fourth-order valence-electron chi connectivity index (χ4n) is 2.12. The van der Waals surface area contributed by atoms with Crippen molar-refractivity contribution >= 4 is 10.9 Å². The fraction of sp³-hybridized carbons (Fsp3) is 0.357. The number of rotatable bonds is 4. The van der Waals surface area contributed by atoms with Crippen molar-refractivity contribution in [1.29, 1.82) is 0 Å². The average molecular weight is 230 g/mol. The van der Waals surface area contributed by atoms with Crippen LogP contribution in [0.1, 0.15) is 31.4 Å². The zero-order valence-corrected chi connectivity index (χ0v) is 10.3. The molecule has 1 atom stereocenters. The molecule has 0 saturated heterocycles. The fourth-order valence-corrected chi connectivity index (χ4v) is 2.12. The summed E-state index contributed by atoms with van der Waals surface area (Å²) >= 11 is 0. The molecule has 3 heteroatoms. The Morgan fingerprint density at radius 1 is 1.35 bits per heavy atom. The third-order valence-electron chi connectivity index (χ3n) is 2.99. The van der Waals surface area contributed by atoms with Gasteiger partial charge in [0.15, 0.2) is 0 Å². The standard InChI is InChI=1S/C14H18N2O/c1-3-5-12(15)10-7-8-13(17-2)14-11(10)6-4-9-16-14/h4,6-9,12H,3,5,15H2,1-2H3. The molecule has 2 rings (SSSR count). The van der Waals surface area contributed by atoms with Crippen molar-refractivity contribution in [3.63, 3.8) is 0 Å². The van der Waals surface area contributed by atoms with Crippen molar-refractivity contribution in [2.75, 3.05) is 7.11 Å². The van der Waals surface area contributed by atoms with E-state index < -0.39 is 0 Å². The number of nitrogens with zero attached hydrogens (tertiary/aromatic N) is 1. The minimum absolute atomic E-state index is 0.0672. The molecule has 0 aliphatic rings. The van der Waals surface area contributed by atoms with Crippen LogP contribution in [0.25, 0.3) is 10.9 Å². The van der Waals surface area contributed by atoms with Crippen molar-refractivity contribution < 1.29 is 4.74 Å². The van der Waals surface area contributed by atoms with E-state index in [4.69, 9.17) is 10.5 Å². The summed E-state index contributed by atoms with van der Waals surface area (Å²) in [4.78, 5) is 4.37. The van der Waals surface area contributed by atoms with E-state index in [9.17, 15) is 0 Å². The van der Waals surface area contributed by atoms with Gasteiger partial charge in [-0.25, -0.2) is 0 Å². The largest absolute Gasteiger partial charge is 0.494 e. The molecule has 0 radical (unpaired) electrons. The lowest BCUT2D eigenvalue weighted by atomic mass is 9.98. The van der Waals surface area contributed by atoms with E-state index in [0.717, 1.165) is 35.1 Å². The van der Waals surface area contributed by atoms with Gasteiger partial charge in [-0.1, -0.05) is 25.5 Å². The second-order valence-corrected chi connectivity index (χ2v) is 4.15. The van der Waals surface area contributed by atoms with Gasteiger partial charge < -0.3 is 10.5 Å². The molecule has 2 aromatic rings. The number of pyridine rings is 1. The topological polar surface area (TPSA) is 48.1 Å². The number of benzene rings is 1. The van der Waals surface area contributed by atoms with Gasteiger partial charge in [-0.05, 0) is 24.1 Å². The van der Waals surface area contributed by atoms with E-state index in [2.05, 4.69) is 18.0 Å². The highest BCUT2D eigenvalue weighted by Crippen LogP contribution is 2.30. The Labute approximate surface area is 102 Å². The van der Waals surface area contributed by atoms with E-state index >= 15 is 0 Å². The Hall–Kier alpha value is -1.61. The van der Waals surface area contributed by atoms with E-state index in [1.807, 2.05) is 18.2 Å². The molecule has 3 nitrogen and oxygen atoms in total. The molecule has 0 spiro atoms. The summed E-state index contributed by atoms with van der Waals surface area (Å²) in [6.45, 7) is 2.14. The van der Waals surface area contributed by atoms with Crippen LogP contribution in [0.2, 0.25) is 0 Å². The highest BCUT2D eigenvalue weighted by atomic mass is 16.5. The molecule has 0 aliphatic carbocycles. The van der Waals surface area contributed by atoms with Gasteiger partial charge in [-0.15, -0.1) is 0 Å². The van der Waals surface area contributed by atoms with Crippen molar-refractivity contribution in [2.24, 2.45) is 5.73 Å². The molecule has 1 aromatic carbocycles. The number of aromatic nitrogens is 1. The Morgan fingerprint density at radius 3 is 2.88 bits per heavy atom. The summed E-state index contributed by atoms with van der Waals surface area (Å²) in [5, 5.41) is 1.09. The van der Waals surface area contributed by atoms with Gasteiger partial charge in [0.1, 0.15) is 11.3 Å². The van der Waals surface area contributed by atoms with Crippen molar-refractivity contribution in [2.45, 2.75) is 25.8 Å². The van der Waals surface area contributed by atoms with Gasteiger partial charge in [-0.2, -0.15) is 0 Å². The Morgan fingerprint density at radius 2 is 2.18 bits per heavy atom. The molecule has 1 unspecified atom stereocenters. The molecular formula is C14H18N2O. The van der Waals surface area contributed by atoms with Gasteiger partial charge in [0.05, 0.1) is 7.11 Å². The summed E-state index contributed by atoms with van der Waals surface area (Å²) in [5.41, 5.74) is 8.23. The second-order valence-electron chi connectivity index (χ2n) is 4.15. The summed E-state index contributed by atoms with van der Waals surface area (Å²) in [6.07, 6.45) is 3.84. The van der Waals surface area contributed by atoms with Crippen LogP contribution >= 0.6 is 0 Å². The van der Waals surface area contributed by atoms with Crippen LogP contribution in [-0.4, -0.2) is 12.1 Å². The second kappa shape index (κ2) is 5.15. The minimum atomic E-state index is 0.0672. The molecule has 0 amide bonds. The van der Waals surface area contributed by atoms with Crippen molar-refractivity contribution in [3.05, 3.63) is 36.0 Å². The van der Waals surface area contributed by atoms with Crippen LogP contribution in [0.3, 0.4) is 0 Å². The van der Waals surface area contributed by atoms with Crippen molar-refractivity contribution in [1.82, 2.24) is 4.98 Å². The maximum absolute atomic E-state index is 6.19. The Balaban J connectivity index is 2.58. The van der Waals surface area contributed by atoms with Crippen LogP contribution in [0.5, 0.6) is 5.75 Å². The van der Waals surface area contributed by atoms with Gasteiger partial charge >= 0.3 is 0 Å². The Kier molecular flexibility index (Phi) is 3.59. The summed E-state index contributed by atoms with van der Waals surface area (Å²) in [6, 6.07) is 8.04. The molecule has 0 aliphatic heterocycles. The van der Waals surface area contributed by atoms with Crippen LogP contribution in [0.15, 0.2) is 30.5 Å². The number of fused-ring (bicyclic) bond motifs is 1. The molecule has 1 aromatic heterocycles. The van der Waals surface area contributed by atoms with Crippen LogP contribution < -0.4 is 10.5 Å². The van der Waals surface area contributed by atoms with Crippen LogP contribution in [0.4, 0.5) is 0 Å². The lowest BCUT2D eigenvalue weighted by molar-refractivity contribution is 0.418. The quantitative estimate of drug-likeness (QED) is 0.878. The monoisotopic (exact) mass is 230 g/mol. The van der Waals surface area contributed by atoms with E-state index in [1.54, 1.807) is 13.3 Å². The molecule has 0 saturated carbocycles. The molecule has 17 heavy (non-hydrogen) atoms. The maximum Gasteiger partial charge on any atom is 0.145 e. The third-order valence-corrected chi connectivity index (χ3v) is 2.99. The first-order chi connectivity index (χ1) is 8.27. The Bertz CT molecular complexity index is 511. The lowest BCUT2D eigenvalue weighted by Crippen LogP contribution is -2.10. The van der Waals surface area contributed by atoms with Gasteiger partial charge in [0, 0.05) is 17.6 Å². The van der Waals surface area contributed by atoms with E-state index in [0.29, 0.717) is 0 Å². The van der Waals surface area contributed by atoms with Crippen LogP contribution in [-0.2, 0) is 0 Å². The molecule has 90 valence electrons. The van der Waals surface area contributed by atoms with Crippen molar-refractivity contribution in [3.8, 4) is 5.75 Å². The summed E-state index contributed by atoms with van der Waals surface area (Å²) in [7, 11) is 1.66. The average Bonchev–Trinajstić information content (AvgIpc) is 2.37. The first kappa shape index (κ1) is 11.9. The molecule has 0 fully saturated rings. The number of nitrogens with two attached hydrogens (primary N) is 1. The zero-order chi connectivity index (χ0) is 12.3. The summed E-state index contributed by atoms with van der Waals surface area (Å²) < 4.78 is 5.32. The zero-order valence-electron chi connectivity index (χ0n) is 10.3. The maximum atomic E-state index is 6.19. The van der Waals surface area contributed by atoms with E-state index in [1.165, 1.54) is 0 Å². The SMILES string of the molecule is CCCC(N)c1ccc(OC)c2ncccc12. The number of methoxy groups -OCH3 is 1. The van der Waals surface area contributed by atoms with Gasteiger partial charge in [0.25, 0.3) is 0 Å². The molecule has 0 bridgehead atoms. The van der Waals surface area contributed by atoms with Gasteiger partial charge in [-0.3, -0.25) is 4.98 Å². The van der Waals surface area contributed by atoms with Gasteiger partial charge in [0.2, 0.25) is 0 Å². The molecule has 2 N–H and O–H groups in total. The van der Waals surface area contributed by atoms with Crippen LogP contribution in [0, 0.1) is 0 Å². The predicted octanol–water partition coefficient (Wildman–Crippen LogP) is 3.04. The normalized spacial score (nSPS) is 12.6. The first-order valence-corrected chi connectivity index (χ1v) is 5.95. The number of hydrogen-bond donors (Lipinski definition) is 1. The number of hydrogen-bond acceptors (Lipinski definition) is 3. The smallest absolute Gasteiger partial charge is 0.145 e. The molecular weight excluding hydrogens is 212 g/mol. The minimum Gasteiger partial charge on any atom is -0.494 e. The highest BCUT2D eigenvalue weighted by Gasteiger charge is 2.12. The predicted molar refractivity (Wildman–Crippen MR) is 70.1 cm³/mol.